The van der Waals surface area contributed by atoms with Gasteiger partial charge in [-0.05, 0) is 43.3 Å². The van der Waals surface area contributed by atoms with E-state index in [0.29, 0.717) is 33.0 Å². The smallest absolute Gasteiger partial charge is 0.257 e. The molecule has 0 bridgehead atoms. The molecule has 6 heteroatoms. The second kappa shape index (κ2) is 5.69. The van der Waals surface area contributed by atoms with Crippen molar-refractivity contribution in [2.45, 2.75) is 6.92 Å². The average molecular weight is 316 g/mol. The first-order chi connectivity index (χ1) is 10.5. The normalized spacial score (nSPS) is 10.7. The number of pyridine rings is 2. The molecule has 2 aromatic heterocycles. The Morgan fingerprint density at radius 3 is 2.77 bits per heavy atom. The lowest BCUT2D eigenvalue weighted by Crippen LogP contribution is -2.14. The van der Waals surface area contributed by atoms with E-state index >= 15 is 0 Å². The predicted octanol–water partition coefficient (Wildman–Crippen LogP) is 3.98. The first-order valence-corrected chi connectivity index (χ1v) is 6.90. The topological polar surface area (TPSA) is 54.9 Å². The van der Waals surface area contributed by atoms with Crippen molar-refractivity contribution in [1.82, 2.24) is 9.97 Å². The van der Waals surface area contributed by atoms with Gasteiger partial charge in [0.05, 0.1) is 16.1 Å². The van der Waals surface area contributed by atoms with E-state index in [-0.39, 0.29) is 5.91 Å². The second-order valence-corrected chi connectivity index (χ2v) is 5.22. The van der Waals surface area contributed by atoms with Gasteiger partial charge in [0.1, 0.15) is 11.6 Å². The Morgan fingerprint density at radius 2 is 2.05 bits per heavy atom. The summed E-state index contributed by atoms with van der Waals surface area (Å²) in [5.41, 5.74) is 1.59. The Balaban J connectivity index is 2.03. The van der Waals surface area contributed by atoms with Crippen LogP contribution in [0.1, 0.15) is 16.1 Å². The maximum Gasteiger partial charge on any atom is 0.257 e. The molecule has 0 unspecified atom stereocenters. The number of carbonyl (C=O) groups excluding carboxylic acids is 1. The number of halogens is 2. The zero-order valence-corrected chi connectivity index (χ0v) is 12.4. The number of aryl methyl sites for hydroxylation is 1. The molecular formula is C16H11ClFN3O. The largest absolute Gasteiger partial charge is 0.307 e. The standard InChI is InChI=1S/C16H11ClFN3O/c1-9-6-13(12-7-11(18)3-4-14(12)20-9)16(22)21-15-5-2-10(17)8-19-15/h2-8H,1H3,(H,19,21,22). The summed E-state index contributed by atoms with van der Waals surface area (Å²) in [7, 11) is 0. The van der Waals surface area contributed by atoms with Crippen LogP contribution in [0.4, 0.5) is 10.2 Å². The molecule has 0 fully saturated rings. The van der Waals surface area contributed by atoms with E-state index in [9.17, 15) is 9.18 Å². The number of hydrogen-bond acceptors (Lipinski definition) is 3. The van der Waals surface area contributed by atoms with Gasteiger partial charge in [-0.3, -0.25) is 9.78 Å². The molecule has 0 aliphatic carbocycles. The Bertz CT molecular complexity index is 865. The molecular weight excluding hydrogens is 305 g/mol. The lowest BCUT2D eigenvalue weighted by molar-refractivity contribution is 0.102. The maximum atomic E-state index is 13.5. The molecule has 4 nitrogen and oxygen atoms in total. The molecule has 0 saturated heterocycles. The summed E-state index contributed by atoms with van der Waals surface area (Å²) >= 11 is 5.76. The molecule has 2 heterocycles. The number of nitrogens with one attached hydrogen (secondary N) is 1. The highest BCUT2D eigenvalue weighted by atomic mass is 35.5. The van der Waals surface area contributed by atoms with Crippen molar-refractivity contribution >= 4 is 34.2 Å². The summed E-state index contributed by atoms with van der Waals surface area (Å²) in [4.78, 5) is 20.8. The molecule has 110 valence electrons. The summed E-state index contributed by atoms with van der Waals surface area (Å²) < 4.78 is 13.5. The molecule has 0 aliphatic rings. The lowest BCUT2D eigenvalue weighted by Gasteiger charge is -2.09. The van der Waals surface area contributed by atoms with E-state index in [1.807, 2.05) is 0 Å². The van der Waals surface area contributed by atoms with Crippen molar-refractivity contribution in [1.29, 1.82) is 0 Å². The Kier molecular flexibility index (Phi) is 3.73. The van der Waals surface area contributed by atoms with Crippen LogP contribution in [0.5, 0.6) is 0 Å². The number of amides is 1. The molecule has 0 aliphatic heterocycles. The first-order valence-electron chi connectivity index (χ1n) is 6.53. The fourth-order valence-corrected chi connectivity index (χ4v) is 2.26. The molecule has 22 heavy (non-hydrogen) atoms. The van der Waals surface area contributed by atoms with E-state index < -0.39 is 5.82 Å². The van der Waals surface area contributed by atoms with Crippen molar-refractivity contribution in [3.05, 3.63) is 64.7 Å². The summed E-state index contributed by atoms with van der Waals surface area (Å²) in [5, 5.41) is 3.60. The summed E-state index contributed by atoms with van der Waals surface area (Å²) in [5.74, 6) is -0.429. The van der Waals surface area contributed by atoms with Gasteiger partial charge in [0.25, 0.3) is 5.91 Å². The van der Waals surface area contributed by atoms with Gasteiger partial charge in [-0.1, -0.05) is 11.6 Å². The summed E-state index contributed by atoms with van der Waals surface area (Å²) in [6.07, 6.45) is 1.44. The number of carbonyl (C=O) groups is 1. The third kappa shape index (κ3) is 2.89. The molecule has 3 aromatic rings. The second-order valence-electron chi connectivity index (χ2n) is 4.79. The lowest BCUT2D eigenvalue weighted by atomic mass is 10.1. The quantitative estimate of drug-likeness (QED) is 0.778. The Hall–Kier alpha value is -2.53. The van der Waals surface area contributed by atoms with Crippen molar-refractivity contribution in [3.8, 4) is 0 Å². The number of aromatic nitrogens is 2. The minimum Gasteiger partial charge on any atom is -0.307 e. The highest BCUT2D eigenvalue weighted by molar-refractivity contribution is 6.30. The van der Waals surface area contributed by atoms with Crippen LogP contribution in [0.25, 0.3) is 10.9 Å². The SMILES string of the molecule is Cc1cc(C(=O)Nc2ccc(Cl)cn2)c2cc(F)ccc2n1. The van der Waals surface area contributed by atoms with Gasteiger partial charge in [-0.25, -0.2) is 9.37 Å². The molecule has 0 radical (unpaired) electrons. The zero-order chi connectivity index (χ0) is 15.7. The van der Waals surface area contributed by atoms with Crippen LogP contribution in [0.15, 0.2) is 42.6 Å². The molecule has 0 saturated carbocycles. The zero-order valence-electron chi connectivity index (χ0n) is 11.6. The third-order valence-electron chi connectivity index (χ3n) is 3.11. The van der Waals surface area contributed by atoms with Crippen LogP contribution in [0.2, 0.25) is 5.02 Å². The van der Waals surface area contributed by atoms with Gasteiger partial charge in [0.15, 0.2) is 0 Å². The Labute approximate surface area is 131 Å². The highest BCUT2D eigenvalue weighted by Gasteiger charge is 2.13. The van der Waals surface area contributed by atoms with Gasteiger partial charge in [-0.15, -0.1) is 0 Å². The fraction of sp³-hybridized carbons (Fsp3) is 0.0625. The number of nitrogens with zero attached hydrogens (tertiary/aromatic N) is 2. The molecule has 0 spiro atoms. The van der Waals surface area contributed by atoms with Gasteiger partial charge in [0.2, 0.25) is 0 Å². The van der Waals surface area contributed by atoms with Gasteiger partial charge >= 0.3 is 0 Å². The van der Waals surface area contributed by atoms with Crippen LogP contribution in [-0.4, -0.2) is 15.9 Å². The minimum atomic E-state index is -0.420. The van der Waals surface area contributed by atoms with E-state index in [0.717, 1.165) is 0 Å². The highest BCUT2D eigenvalue weighted by Crippen LogP contribution is 2.21. The van der Waals surface area contributed by atoms with Crippen LogP contribution in [-0.2, 0) is 0 Å². The predicted molar refractivity (Wildman–Crippen MR) is 83.6 cm³/mol. The maximum absolute atomic E-state index is 13.5. The van der Waals surface area contributed by atoms with Crippen LogP contribution in [0.3, 0.4) is 0 Å². The van der Waals surface area contributed by atoms with Crippen LogP contribution >= 0.6 is 11.6 Å². The summed E-state index contributed by atoms with van der Waals surface area (Å²) in [6.45, 7) is 1.78. The van der Waals surface area contributed by atoms with Crippen molar-refractivity contribution in [2.24, 2.45) is 0 Å². The summed E-state index contributed by atoms with van der Waals surface area (Å²) in [6, 6.07) is 9.00. The van der Waals surface area contributed by atoms with Gasteiger partial charge in [-0.2, -0.15) is 0 Å². The van der Waals surface area contributed by atoms with Crippen molar-refractivity contribution < 1.29 is 9.18 Å². The fourth-order valence-electron chi connectivity index (χ4n) is 2.15. The molecule has 1 N–H and O–H groups in total. The number of hydrogen-bond donors (Lipinski definition) is 1. The van der Waals surface area contributed by atoms with Crippen molar-refractivity contribution in [3.63, 3.8) is 0 Å². The first kappa shape index (κ1) is 14.4. The van der Waals surface area contributed by atoms with Gasteiger partial charge in [0, 0.05) is 17.3 Å². The van der Waals surface area contributed by atoms with Gasteiger partial charge < -0.3 is 5.32 Å². The minimum absolute atomic E-state index is 0.346. The number of benzene rings is 1. The third-order valence-corrected chi connectivity index (χ3v) is 3.34. The van der Waals surface area contributed by atoms with E-state index in [1.165, 1.54) is 18.3 Å². The molecule has 0 atom stereocenters. The van der Waals surface area contributed by atoms with E-state index in [4.69, 9.17) is 11.6 Å². The Morgan fingerprint density at radius 1 is 1.23 bits per heavy atom. The van der Waals surface area contributed by atoms with Crippen LogP contribution < -0.4 is 5.32 Å². The number of rotatable bonds is 2. The van der Waals surface area contributed by atoms with E-state index in [1.54, 1.807) is 31.2 Å². The average Bonchev–Trinajstić information content (AvgIpc) is 2.49. The molecule has 3 rings (SSSR count). The van der Waals surface area contributed by atoms with E-state index in [2.05, 4.69) is 15.3 Å². The molecule has 1 aromatic carbocycles. The number of anilines is 1. The van der Waals surface area contributed by atoms with Crippen LogP contribution in [0, 0.1) is 12.7 Å². The number of fused-ring (bicyclic) bond motifs is 1. The molecule has 1 amide bonds. The monoisotopic (exact) mass is 315 g/mol. The van der Waals surface area contributed by atoms with Crippen molar-refractivity contribution in [2.75, 3.05) is 5.32 Å².